The third-order valence-corrected chi connectivity index (χ3v) is 2.01. The van der Waals surface area contributed by atoms with E-state index in [-0.39, 0.29) is 11.2 Å². The van der Waals surface area contributed by atoms with E-state index < -0.39 is 11.6 Å². The van der Waals surface area contributed by atoms with Gasteiger partial charge in [-0.2, -0.15) is 12.6 Å². The van der Waals surface area contributed by atoms with Crippen LogP contribution in [0.2, 0.25) is 0 Å². The van der Waals surface area contributed by atoms with Crippen molar-refractivity contribution in [3.05, 3.63) is 0 Å². The molecule has 4 heteroatoms. The molecule has 0 aromatic rings. The molecular weight excluding hydrogens is 200 g/mol. The fraction of sp³-hybridized carbons (Fsp3) is 0.900. The molecule has 0 atom stereocenters. The van der Waals surface area contributed by atoms with Crippen molar-refractivity contribution in [1.82, 2.24) is 0 Å². The molecule has 1 N–H and O–H groups in total. The van der Waals surface area contributed by atoms with Crippen LogP contribution in [0, 0.1) is 0 Å². The molecule has 0 spiro atoms. The Morgan fingerprint density at radius 2 is 1.86 bits per heavy atom. The normalized spacial score (nSPS) is 12.9. The zero-order chi connectivity index (χ0) is 11.4. The van der Waals surface area contributed by atoms with Gasteiger partial charge in [-0.15, -0.1) is 0 Å². The monoisotopic (exact) mass is 220 g/mol. The van der Waals surface area contributed by atoms with Gasteiger partial charge in [0.2, 0.25) is 0 Å². The van der Waals surface area contributed by atoms with E-state index in [2.05, 4.69) is 12.6 Å². The summed E-state index contributed by atoms with van der Waals surface area (Å²) in [5.74, 6) is -0.833. The predicted molar refractivity (Wildman–Crippen MR) is 60.0 cm³/mol. The van der Waals surface area contributed by atoms with Crippen molar-refractivity contribution in [3.8, 4) is 0 Å². The van der Waals surface area contributed by atoms with Gasteiger partial charge in [0.1, 0.15) is 0 Å². The van der Waals surface area contributed by atoms with Crippen LogP contribution in [0.25, 0.3) is 0 Å². The fourth-order valence-corrected chi connectivity index (χ4v) is 1.08. The topological polar surface area (TPSA) is 46.5 Å². The van der Waals surface area contributed by atoms with Crippen LogP contribution in [0.5, 0.6) is 0 Å². The minimum atomic E-state index is -0.833. The third-order valence-electron chi connectivity index (χ3n) is 1.78. The van der Waals surface area contributed by atoms with E-state index in [4.69, 9.17) is 9.84 Å². The molecule has 0 unspecified atom stereocenters. The Morgan fingerprint density at radius 1 is 1.36 bits per heavy atom. The summed E-state index contributed by atoms with van der Waals surface area (Å²) in [7, 11) is 0. The molecule has 0 rings (SSSR count). The minimum Gasteiger partial charge on any atom is -0.481 e. The minimum absolute atomic E-state index is 0.0278. The number of ether oxygens (including phenoxy) is 1. The number of hydrogen-bond donors (Lipinski definition) is 2. The second kappa shape index (κ2) is 5.03. The highest BCUT2D eigenvalue weighted by molar-refractivity contribution is 7.81. The van der Waals surface area contributed by atoms with Crippen LogP contribution in [0.3, 0.4) is 0 Å². The maximum atomic E-state index is 10.5. The third kappa shape index (κ3) is 8.38. The van der Waals surface area contributed by atoms with Gasteiger partial charge in [-0.25, -0.2) is 0 Å². The van der Waals surface area contributed by atoms with Crippen LogP contribution in [0.1, 0.15) is 40.5 Å². The summed E-state index contributed by atoms with van der Waals surface area (Å²) in [4.78, 5) is 10.5. The van der Waals surface area contributed by atoms with Gasteiger partial charge in [0, 0.05) is 11.4 Å². The summed E-state index contributed by atoms with van der Waals surface area (Å²) >= 11 is 4.36. The van der Waals surface area contributed by atoms with E-state index in [1.165, 1.54) is 0 Å². The first kappa shape index (κ1) is 13.8. The zero-order valence-corrected chi connectivity index (χ0v) is 10.2. The average Bonchev–Trinajstić information content (AvgIpc) is 1.78. The first-order chi connectivity index (χ1) is 6.12. The number of aliphatic carboxylic acids is 1. The number of carboxylic acid groups (broad SMARTS) is 1. The molecule has 84 valence electrons. The summed E-state index contributed by atoms with van der Waals surface area (Å²) in [5.41, 5.74) is -0.592. The highest BCUT2D eigenvalue weighted by Crippen LogP contribution is 2.20. The second-order valence-corrected chi connectivity index (χ2v) is 5.95. The van der Waals surface area contributed by atoms with Gasteiger partial charge in [-0.1, -0.05) is 13.8 Å². The molecule has 0 aromatic heterocycles. The van der Waals surface area contributed by atoms with E-state index in [0.717, 1.165) is 6.42 Å². The van der Waals surface area contributed by atoms with Gasteiger partial charge < -0.3 is 9.84 Å². The molecule has 0 heterocycles. The summed E-state index contributed by atoms with van der Waals surface area (Å²) < 4.78 is 5.42. The molecule has 0 aromatic carbocycles. The Bertz CT molecular complexity index is 194. The standard InChI is InChI=1S/C10H20O3S/c1-9(2,7-8(11)12)13-6-5-10(3,4)14/h14H,5-7H2,1-4H3,(H,11,12). The van der Waals surface area contributed by atoms with Crippen molar-refractivity contribution in [3.63, 3.8) is 0 Å². The molecule has 14 heavy (non-hydrogen) atoms. The first-order valence-electron chi connectivity index (χ1n) is 4.70. The van der Waals surface area contributed by atoms with Crippen LogP contribution in [0.4, 0.5) is 0 Å². The number of thiol groups is 1. The number of carbonyl (C=O) groups is 1. The molecule has 0 aliphatic rings. The first-order valence-corrected chi connectivity index (χ1v) is 5.15. The zero-order valence-electron chi connectivity index (χ0n) is 9.33. The smallest absolute Gasteiger partial charge is 0.306 e. The highest BCUT2D eigenvalue weighted by atomic mass is 32.1. The molecule has 0 aliphatic carbocycles. The Morgan fingerprint density at radius 3 is 2.21 bits per heavy atom. The second-order valence-electron chi connectivity index (χ2n) is 4.74. The van der Waals surface area contributed by atoms with E-state index >= 15 is 0 Å². The maximum Gasteiger partial charge on any atom is 0.306 e. The van der Waals surface area contributed by atoms with Gasteiger partial charge in [0.15, 0.2) is 0 Å². The molecule has 0 saturated heterocycles. The molecule has 0 saturated carbocycles. The molecule has 0 radical (unpaired) electrons. The van der Waals surface area contributed by atoms with E-state index in [1.54, 1.807) is 13.8 Å². The van der Waals surface area contributed by atoms with Crippen LogP contribution in [-0.2, 0) is 9.53 Å². The maximum absolute atomic E-state index is 10.5. The highest BCUT2D eigenvalue weighted by Gasteiger charge is 2.23. The molecule has 0 amide bonds. The number of carboxylic acids is 1. The molecule has 0 fully saturated rings. The summed E-state index contributed by atoms with van der Waals surface area (Å²) in [5, 5.41) is 8.61. The van der Waals surface area contributed by atoms with Crippen molar-refractivity contribution in [2.75, 3.05) is 6.61 Å². The number of hydrogen-bond acceptors (Lipinski definition) is 3. The lowest BCUT2D eigenvalue weighted by atomic mass is 10.1. The summed E-state index contributed by atoms with van der Waals surface area (Å²) in [6.07, 6.45) is 0.833. The van der Waals surface area contributed by atoms with Gasteiger partial charge in [-0.3, -0.25) is 4.79 Å². The average molecular weight is 220 g/mol. The van der Waals surface area contributed by atoms with Gasteiger partial charge in [0.05, 0.1) is 12.0 Å². The fourth-order valence-electron chi connectivity index (χ4n) is 0.992. The summed E-state index contributed by atoms with van der Waals surface area (Å²) in [6, 6.07) is 0. The van der Waals surface area contributed by atoms with E-state index in [0.29, 0.717) is 6.61 Å². The van der Waals surface area contributed by atoms with Crippen LogP contribution >= 0.6 is 12.6 Å². The Balaban J connectivity index is 3.82. The Labute approximate surface area is 91.2 Å². The lowest BCUT2D eigenvalue weighted by Crippen LogP contribution is -2.29. The van der Waals surface area contributed by atoms with Crippen molar-refractivity contribution in [2.24, 2.45) is 0 Å². The van der Waals surface area contributed by atoms with Crippen molar-refractivity contribution in [1.29, 1.82) is 0 Å². The largest absolute Gasteiger partial charge is 0.481 e. The van der Waals surface area contributed by atoms with Crippen LogP contribution < -0.4 is 0 Å². The lowest BCUT2D eigenvalue weighted by molar-refractivity contribution is -0.143. The van der Waals surface area contributed by atoms with Gasteiger partial charge >= 0.3 is 5.97 Å². The SMILES string of the molecule is CC(C)(S)CCOC(C)(C)CC(=O)O. The van der Waals surface area contributed by atoms with Crippen molar-refractivity contribution < 1.29 is 14.6 Å². The van der Waals surface area contributed by atoms with Crippen molar-refractivity contribution >= 4 is 18.6 Å². The Hall–Kier alpha value is -0.220. The van der Waals surface area contributed by atoms with Crippen molar-refractivity contribution in [2.45, 2.75) is 50.9 Å². The van der Waals surface area contributed by atoms with E-state index in [1.807, 2.05) is 13.8 Å². The van der Waals surface area contributed by atoms with Gasteiger partial charge in [0.25, 0.3) is 0 Å². The molecule has 0 aliphatic heterocycles. The lowest BCUT2D eigenvalue weighted by Gasteiger charge is -2.25. The molecule has 0 bridgehead atoms. The van der Waals surface area contributed by atoms with Crippen LogP contribution in [0.15, 0.2) is 0 Å². The van der Waals surface area contributed by atoms with Gasteiger partial charge in [-0.05, 0) is 20.3 Å². The predicted octanol–water partition coefficient (Wildman–Crippen LogP) is 2.35. The van der Waals surface area contributed by atoms with Crippen LogP contribution in [-0.4, -0.2) is 28.0 Å². The quantitative estimate of drug-likeness (QED) is 0.675. The molecule has 3 nitrogen and oxygen atoms in total. The Kier molecular flexibility index (Phi) is 4.95. The van der Waals surface area contributed by atoms with E-state index in [9.17, 15) is 4.79 Å². The molecular formula is C10H20O3S. The summed E-state index contributed by atoms with van der Waals surface area (Å²) in [6.45, 7) is 8.11. The number of rotatable bonds is 6.